The molecule has 17 rings (SSSR count). The van der Waals surface area contributed by atoms with Gasteiger partial charge in [0.2, 0.25) is 0 Å². The summed E-state index contributed by atoms with van der Waals surface area (Å²) in [5, 5.41) is 13.3. The maximum absolute atomic E-state index is 5.52. The normalized spacial score (nSPS) is 13.5. The summed E-state index contributed by atoms with van der Waals surface area (Å²) in [4.78, 5) is 27.2. The number of thiophene rings is 1. The first kappa shape index (κ1) is 48.6. The molecule has 85 heavy (non-hydrogen) atoms. The van der Waals surface area contributed by atoms with E-state index in [2.05, 4.69) is 245 Å². The molecular formula is C76H48N8S. The molecule has 1 aliphatic rings. The van der Waals surface area contributed by atoms with Gasteiger partial charge >= 0.3 is 0 Å². The van der Waals surface area contributed by atoms with E-state index in [1.54, 1.807) is 0 Å². The highest BCUT2D eigenvalue weighted by molar-refractivity contribution is 7.27. The summed E-state index contributed by atoms with van der Waals surface area (Å²) in [6, 6.07) is 98.7. The lowest BCUT2D eigenvalue weighted by molar-refractivity contribution is 0.674. The minimum absolute atomic E-state index is 0.448. The van der Waals surface area contributed by atoms with Crippen LogP contribution in [0, 0.1) is 0 Å². The summed E-state index contributed by atoms with van der Waals surface area (Å²) in [6.07, 6.45) is -0.448. The lowest BCUT2D eigenvalue weighted by Gasteiger charge is -2.25. The lowest BCUT2D eigenvalue weighted by Crippen LogP contribution is -2.33. The first-order chi connectivity index (χ1) is 42.2. The Balaban J connectivity index is 0.999. The number of benzene rings is 12. The predicted molar refractivity (Wildman–Crippen MR) is 352 cm³/mol. The maximum atomic E-state index is 5.52. The molecule has 1 N–H and O–H groups in total. The Labute approximate surface area is 492 Å². The van der Waals surface area contributed by atoms with E-state index in [9.17, 15) is 0 Å². The molecule has 0 saturated carbocycles. The zero-order valence-electron chi connectivity index (χ0n) is 45.7. The van der Waals surface area contributed by atoms with Crippen LogP contribution in [0.2, 0.25) is 0 Å². The van der Waals surface area contributed by atoms with Crippen LogP contribution in [-0.4, -0.2) is 35.8 Å². The average Bonchev–Trinajstić information content (AvgIpc) is 1.65. The van der Waals surface area contributed by atoms with Crippen molar-refractivity contribution in [1.29, 1.82) is 0 Å². The molecule has 5 heterocycles. The second-order valence-corrected chi connectivity index (χ2v) is 22.6. The van der Waals surface area contributed by atoms with Gasteiger partial charge in [0.05, 0.1) is 27.8 Å². The van der Waals surface area contributed by atoms with Crippen LogP contribution in [0.3, 0.4) is 0 Å². The van der Waals surface area contributed by atoms with Gasteiger partial charge in [-0.25, -0.2) is 24.9 Å². The molecule has 1 aliphatic heterocycles. The number of nitrogens with zero attached hydrogens (tertiary/aromatic N) is 7. The van der Waals surface area contributed by atoms with Crippen LogP contribution in [0.4, 0.5) is 0 Å². The zero-order chi connectivity index (χ0) is 56.0. The fourth-order valence-electron chi connectivity index (χ4n) is 12.8. The van der Waals surface area contributed by atoms with Crippen molar-refractivity contribution < 1.29 is 0 Å². The molecule has 0 spiro atoms. The number of rotatable bonds is 9. The third-order valence-electron chi connectivity index (χ3n) is 16.6. The molecule has 0 radical (unpaired) electrons. The van der Waals surface area contributed by atoms with Gasteiger partial charge in [-0.1, -0.05) is 231 Å². The molecule has 4 aromatic heterocycles. The van der Waals surface area contributed by atoms with E-state index in [1.807, 2.05) is 59.9 Å². The minimum Gasteiger partial charge on any atom is -0.344 e. The van der Waals surface area contributed by atoms with E-state index < -0.39 is 6.17 Å². The van der Waals surface area contributed by atoms with Crippen molar-refractivity contribution >= 4 is 97.6 Å². The summed E-state index contributed by atoms with van der Waals surface area (Å²) in [6.45, 7) is 0. The van der Waals surface area contributed by atoms with Gasteiger partial charge in [-0.3, -0.25) is 0 Å². The quantitative estimate of drug-likeness (QED) is 0.156. The van der Waals surface area contributed by atoms with Crippen LogP contribution in [0.15, 0.2) is 289 Å². The maximum Gasteiger partial charge on any atom is 0.166 e. The van der Waals surface area contributed by atoms with Gasteiger partial charge in [0, 0.05) is 75.2 Å². The molecule has 398 valence electrons. The van der Waals surface area contributed by atoms with E-state index in [-0.39, 0.29) is 0 Å². The van der Waals surface area contributed by atoms with Crippen LogP contribution < -0.4 is 5.32 Å². The van der Waals surface area contributed by atoms with Crippen molar-refractivity contribution in [2.75, 3.05) is 0 Å². The van der Waals surface area contributed by atoms with Crippen molar-refractivity contribution in [3.05, 3.63) is 296 Å². The van der Waals surface area contributed by atoms with Crippen LogP contribution in [0.5, 0.6) is 0 Å². The minimum atomic E-state index is -0.448. The molecule has 0 aliphatic carbocycles. The fourth-order valence-corrected chi connectivity index (χ4v) is 14.0. The highest BCUT2D eigenvalue weighted by Gasteiger charge is 2.30. The van der Waals surface area contributed by atoms with E-state index >= 15 is 0 Å². The van der Waals surface area contributed by atoms with E-state index in [0.29, 0.717) is 29.1 Å². The number of hydrogen-bond acceptors (Lipinski definition) is 7. The number of amidine groups is 2. The summed E-state index contributed by atoms with van der Waals surface area (Å²) in [7, 11) is 0. The van der Waals surface area contributed by atoms with Gasteiger partial charge in [-0.05, 0) is 76.0 Å². The van der Waals surface area contributed by atoms with Crippen molar-refractivity contribution in [2.45, 2.75) is 6.17 Å². The van der Waals surface area contributed by atoms with Crippen molar-refractivity contribution in [3.8, 4) is 56.7 Å². The van der Waals surface area contributed by atoms with E-state index in [0.717, 1.165) is 94.1 Å². The van der Waals surface area contributed by atoms with Gasteiger partial charge in [0.1, 0.15) is 12.0 Å². The number of fused-ring (bicyclic) bond motifs is 13. The summed E-state index contributed by atoms with van der Waals surface area (Å²) >= 11 is 1.87. The molecule has 0 amide bonds. The van der Waals surface area contributed by atoms with E-state index in [4.69, 9.17) is 24.9 Å². The molecule has 0 fully saturated rings. The summed E-state index contributed by atoms with van der Waals surface area (Å²) in [5.74, 6) is 2.96. The highest BCUT2D eigenvalue weighted by Crippen LogP contribution is 2.52. The Kier molecular flexibility index (Phi) is 11.3. The van der Waals surface area contributed by atoms with Crippen LogP contribution in [0.25, 0.3) is 131 Å². The standard InChI is InChI=1S/C76H48N8S/c1-5-24-48(25-6-1)55-33-15-16-34-56(55)75-79-73(51-30-11-4-12-31-51)78-74(82-75)53-42-44-63(60(46-53)76-80-71(49-26-7-2-8-27-49)77-72(81-76)50-28-9-3-10-29-50)84-62-39-21-18-36-58(62)66-69(84)65-57-35-17-20-38-61(57)83(54-43-41-47-23-13-14-32-52(47)45-54)68(65)67-59-37-19-22-40-64(59)85-70(66)67/h1-46,73H,(H,78,79,82). The van der Waals surface area contributed by atoms with Gasteiger partial charge in [-0.2, -0.15) is 0 Å². The second-order valence-electron chi connectivity index (χ2n) is 21.5. The van der Waals surface area contributed by atoms with Gasteiger partial charge < -0.3 is 14.5 Å². The molecule has 1 atom stereocenters. The Morgan fingerprint density at radius 3 is 1.64 bits per heavy atom. The topological polar surface area (TPSA) is 85.3 Å². The number of hydrogen-bond donors (Lipinski definition) is 1. The molecule has 0 bridgehead atoms. The molecule has 8 nitrogen and oxygen atoms in total. The largest absolute Gasteiger partial charge is 0.344 e. The Bertz CT molecular complexity index is 5340. The van der Waals surface area contributed by atoms with Crippen LogP contribution >= 0.6 is 11.3 Å². The van der Waals surface area contributed by atoms with Crippen molar-refractivity contribution in [1.82, 2.24) is 29.4 Å². The van der Waals surface area contributed by atoms with E-state index in [1.165, 1.54) is 36.3 Å². The Morgan fingerprint density at radius 2 is 0.918 bits per heavy atom. The van der Waals surface area contributed by atoms with Gasteiger partial charge in [0.15, 0.2) is 23.3 Å². The predicted octanol–water partition coefficient (Wildman–Crippen LogP) is 18.8. The fraction of sp³-hybridized carbons (Fsp3) is 0.0132. The smallest absolute Gasteiger partial charge is 0.166 e. The van der Waals surface area contributed by atoms with Crippen molar-refractivity contribution in [2.24, 2.45) is 9.98 Å². The molecule has 0 saturated heterocycles. The first-order valence-electron chi connectivity index (χ1n) is 28.6. The van der Waals surface area contributed by atoms with Crippen LogP contribution in [-0.2, 0) is 0 Å². The summed E-state index contributed by atoms with van der Waals surface area (Å²) < 4.78 is 7.47. The van der Waals surface area contributed by atoms with Crippen LogP contribution in [0.1, 0.15) is 22.9 Å². The molecule has 1 unspecified atom stereocenters. The number of para-hydroxylation sites is 2. The molecule has 12 aromatic carbocycles. The lowest BCUT2D eigenvalue weighted by atomic mass is 9.98. The van der Waals surface area contributed by atoms with Gasteiger partial charge in [-0.15, -0.1) is 11.3 Å². The molecular weight excluding hydrogens is 1060 g/mol. The van der Waals surface area contributed by atoms with Gasteiger partial charge in [0.25, 0.3) is 0 Å². The summed E-state index contributed by atoms with van der Waals surface area (Å²) in [5.41, 5.74) is 14.0. The van der Waals surface area contributed by atoms with Crippen molar-refractivity contribution in [3.63, 3.8) is 0 Å². The molecule has 16 aromatic rings. The number of aromatic nitrogens is 5. The molecule has 9 heteroatoms. The highest BCUT2D eigenvalue weighted by atomic mass is 32.1. The number of nitrogens with one attached hydrogen (secondary N) is 1. The average molecular weight is 1110 g/mol. The zero-order valence-corrected chi connectivity index (χ0v) is 46.5. The third kappa shape index (κ3) is 8.00. The first-order valence-corrected chi connectivity index (χ1v) is 29.4. The number of aliphatic imine (C=N–C) groups is 2. The Morgan fingerprint density at radius 1 is 0.376 bits per heavy atom. The second kappa shape index (κ2) is 19.8. The SMILES string of the molecule is c1ccc(-c2nc(-c3ccccc3)nc(-c3cc(C4=NC(c5ccccc5-c5ccccc5)=NC(c5ccccc5)N4)ccc3-n3c4ccccc4c4c5sc6ccccc6c5c5c(c6ccccc6n5-c5ccc6ccccc6c5)c43)n2)cc1. The third-order valence-corrected chi connectivity index (χ3v) is 17.8. The monoisotopic (exact) mass is 1100 g/mol. The Hall–Kier alpha value is -11.1.